The van der Waals surface area contributed by atoms with Gasteiger partial charge in [-0.05, 0) is 19.9 Å². The summed E-state index contributed by atoms with van der Waals surface area (Å²) in [7, 11) is 1.47. The molecule has 61 heavy (non-hydrogen) atoms. The van der Waals surface area contributed by atoms with Gasteiger partial charge >= 0.3 is 5.97 Å². The van der Waals surface area contributed by atoms with Crippen molar-refractivity contribution in [1.82, 2.24) is 15.5 Å². The number of nitrogens with zero attached hydrogens (tertiary/aromatic N) is 2. The molecule has 0 radical (unpaired) electrons. The number of aliphatic hydroxyl groups is 2. The molecule has 9 unspecified atom stereocenters. The number of aliphatic imine (C=N–C) groups is 1. The number of allylic oxidation sites excluding steroid dienone is 4. The third-order valence-electron chi connectivity index (χ3n) is 13.0. The van der Waals surface area contributed by atoms with Gasteiger partial charge in [0.1, 0.15) is 34.7 Å². The fourth-order valence-electron chi connectivity index (χ4n) is 9.03. The van der Waals surface area contributed by atoms with Gasteiger partial charge in [0, 0.05) is 93.7 Å². The Bertz CT molecular complexity index is 2170. The lowest BCUT2D eigenvalue weighted by Gasteiger charge is -2.38. The number of hydrogen-bond donors (Lipinski definition) is 6. The quantitative estimate of drug-likeness (QED) is 0.237. The van der Waals surface area contributed by atoms with Gasteiger partial charge < -0.3 is 49.8 Å². The van der Waals surface area contributed by atoms with E-state index >= 15 is 0 Å². The van der Waals surface area contributed by atoms with Crippen molar-refractivity contribution >= 4 is 35.0 Å². The lowest BCUT2D eigenvalue weighted by Crippen LogP contribution is -2.51. The van der Waals surface area contributed by atoms with Crippen molar-refractivity contribution in [2.45, 2.75) is 117 Å². The zero-order valence-electron chi connectivity index (χ0n) is 36.5. The molecule has 16 heteroatoms. The lowest BCUT2D eigenvalue weighted by atomic mass is 9.78. The number of ether oxygens (including phenoxy) is 4. The van der Waals surface area contributed by atoms with Gasteiger partial charge in [-0.25, -0.2) is 0 Å². The minimum Gasteiger partial charge on any atom is -0.507 e. The van der Waals surface area contributed by atoms with Crippen LogP contribution in [0, 0.1) is 36.0 Å². The summed E-state index contributed by atoms with van der Waals surface area (Å²) >= 11 is 0. The number of aromatic hydroxyl groups is 1. The van der Waals surface area contributed by atoms with Crippen LogP contribution in [0.25, 0.3) is 0 Å². The molecule has 2 amide bonds. The molecule has 1 spiro atoms. The highest BCUT2D eigenvalue weighted by Gasteiger charge is 2.53. The predicted molar refractivity (Wildman–Crippen MR) is 225 cm³/mol. The van der Waals surface area contributed by atoms with Crippen molar-refractivity contribution in [1.29, 1.82) is 5.41 Å². The average Bonchev–Trinajstić information content (AvgIpc) is 3.73. The monoisotopic (exact) mass is 845 g/mol. The van der Waals surface area contributed by atoms with Crippen LogP contribution >= 0.6 is 0 Å². The fraction of sp³-hybridized carbons (Fsp3) is 0.556. The van der Waals surface area contributed by atoms with Crippen molar-refractivity contribution in [3.05, 3.63) is 69.8 Å². The first kappa shape index (κ1) is 45.2. The Morgan fingerprint density at radius 2 is 1.67 bits per heavy atom. The Labute approximate surface area is 356 Å². The molecule has 1 aromatic carbocycles. The molecule has 6 aliphatic rings. The Morgan fingerprint density at radius 3 is 2.30 bits per heavy atom. The number of benzene rings is 1. The summed E-state index contributed by atoms with van der Waals surface area (Å²) in [5.41, 5.74) is -0.261. The SMILES string of the molecule is CCC(=O)N1CCC2(CC1)N=C1C(=C3NC(=O)/C(C)=C\C=C\C(C)C(O)C(C)C(O)C(C)C(OC(C)=O)C(C)C(OC)/C=C/OC4(C)Oc5c(C)c(O)c(c1c5C4=N)C3=O)N2. The van der Waals surface area contributed by atoms with Crippen molar-refractivity contribution in [2.75, 3.05) is 20.2 Å². The maximum atomic E-state index is 14.7. The highest BCUT2D eigenvalue weighted by molar-refractivity contribution is 6.34. The van der Waals surface area contributed by atoms with Crippen LogP contribution in [0.15, 0.2) is 52.5 Å². The van der Waals surface area contributed by atoms with E-state index < -0.39 is 82.9 Å². The summed E-state index contributed by atoms with van der Waals surface area (Å²) in [6.45, 7) is 15.5. The van der Waals surface area contributed by atoms with Gasteiger partial charge in [0.05, 0.1) is 47.1 Å². The maximum Gasteiger partial charge on any atom is 0.302 e. The number of amides is 2. The maximum absolute atomic E-state index is 14.7. The molecule has 1 aromatic rings. The number of carbonyl (C=O) groups excluding carboxylic acids is 4. The molecular formula is C45H59N5O11. The normalized spacial score (nSPS) is 33.4. The second kappa shape index (κ2) is 17.2. The standard InChI is InChI=1S/C45H59N5O11/c1-11-29(52)50-18-16-45(17-19-50)48-33-30-31-38(55)26(7)41-32(30)42(46)44(9,61-41)59-20-15-28(58-10)23(4)40(60-27(8)51)25(6)37(54)24(5)36(53)21(2)13-12-14-22(3)43(57)47-35(39(31)56)34(33)49-45/h12-15,20-21,23-25,28,36-37,40,46,49,53-55H,11,16-19H2,1-10H3,(H,47,57)/b13-12+,20-15+,22-14-,46-42?. The van der Waals surface area contributed by atoms with Gasteiger partial charge in [-0.3, -0.25) is 29.6 Å². The topological polar surface area (TPSA) is 229 Å². The minimum absolute atomic E-state index is 0.00726. The molecule has 5 bridgehead atoms. The van der Waals surface area contributed by atoms with Gasteiger partial charge in [-0.15, -0.1) is 0 Å². The molecular weight excluding hydrogens is 787 g/mol. The number of esters is 1. The Kier molecular flexibility index (Phi) is 12.8. The number of piperidine rings is 1. The van der Waals surface area contributed by atoms with E-state index in [1.54, 1.807) is 71.6 Å². The van der Waals surface area contributed by atoms with E-state index in [0.717, 1.165) is 0 Å². The number of likely N-dealkylation sites (tertiary alicyclic amines) is 1. The first-order valence-corrected chi connectivity index (χ1v) is 20.9. The molecule has 1 saturated heterocycles. The van der Waals surface area contributed by atoms with Crippen LogP contribution in [0.3, 0.4) is 0 Å². The van der Waals surface area contributed by atoms with E-state index in [-0.39, 0.29) is 62.3 Å². The number of ketones is 1. The summed E-state index contributed by atoms with van der Waals surface area (Å²) in [6, 6.07) is 0. The number of Topliss-reactive ketones (excluding diaryl/α,β-unsaturated/α-hetero) is 1. The van der Waals surface area contributed by atoms with E-state index in [9.17, 15) is 39.9 Å². The zero-order chi connectivity index (χ0) is 44.9. The molecule has 6 N–H and O–H groups in total. The Hall–Kier alpha value is -5.32. The average molecular weight is 846 g/mol. The van der Waals surface area contributed by atoms with E-state index in [0.29, 0.717) is 32.4 Å². The third kappa shape index (κ3) is 8.12. The molecule has 7 rings (SSSR count). The number of fused-ring (bicyclic) bond motifs is 13. The number of methoxy groups -OCH3 is 1. The summed E-state index contributed by atoms with van der Waals surface area (Å²) in [6.07, 6.45) is 5.09. The summed E-state index contributed by atoms with van der Waals surface area (Å²) in [4.78, 5) is 60.5. The molecule has 16 nitrogen and oxygen atoms in total. The van der Waals surface area contributed by atoms with Crippen LogP contribution in [0.5, 0.6) is 11.5 Å². The number of phenols is 1. The van der Waals surface area contributed by atoms with E-state index in [4.69, 9.17) is 23.9 Å². The van der Waals surface area contributed by atoms with Crippen molar-refractivity contribution in [3.63, 3.8) is 0 Å². The Morgan fingerprint density at radius 1 is 1.00 bits per heavy atom. The van der Waals surface area contributed by atoms with Gasteiger partial charge in [-0.1, -0.05) is 52.8 Å². The van der Waals surface area contributed by atoms with Crippen LogP contribution in [-0.2, 0) is 28.6 Å². The summed E-state index contributed by atoms with van der Waals surface area (Å²) < 4.78 is 24.2. The van der Waals surface area contributed by atoms with E-state index in [1.807, 2.05) is 0 Å². The first-order chi connectivity index (χ1) is 28.7. The predicted octanol–water partition coefficient (Wildman–Crippen LogP) is 4.08. The molecule has 0 saturated carbocycles. The molecule has 330 valence electrons. The van der Waals surface area contributed by atoms with Crippen molar-refractivity contribution in [3.8, 4) is 11.5 Å². The molecule has 5 heterocycles. The number of phenolic OH excluding ortho intramolecular Hbond substituents is 1. The molecule has 1 aliphatic carbocycles. The van der Waals surface area contributed by atoms with Crippen molar-refractivity contribution < 1.29 is 53.4 Å². The fourth-order valence-corrected chi connectivity index (χ4v) is 9.03. The van der Waals surface area contributed by atoms with Gasteiger partial charge in [0.15, 0.2) is 0 Å². The molecule has 0 aromatic heterocycles. The highest BCUT2D eigenvalue weighted by Crippen LogP contribution is 2.50. The lowest BCUT2D eigenvalue weighted by molar-refractivity contribution is -0.160. The molecule has 9 atom stereocenters. The third-order valence-corrected chi connectivity index (χ3v) is 13.0. The van der Waals surface area contributed by atoms with Gasteiger partial charge in [0.25, 0.3) is 11.7 Å². The van der Waals surface area contributed by atoms with Gasteiger partial charge in [0.2, 0.25) is 11.7 Å². The second-order valence-corrected chi connectivity index (χ2v) is 17.1. The van der Waals surface area contributed by atoms with E-state index in [1.165, 1.54) is 33.3 Å². The van der Waals surface area contributed by atoms with Crippen LogP contribution in [0.2, 0.25) is 0 Å². The van der Waals surface area contributed by atoms with Crippen LogP contribution in [0.1, 0.15) is 102 Å². The molecule has 5 aliphatic heterocycles. The molecule has 1 fully saturated rings. The summed E-state index contributed by atoms with van der Waals surface area (Å²) in [5, 5.41) is 50.5. The number of rotatable bonds is 3. The number of carbonyl (C=O) groups is 4. The van der Waals surface area contributed by atoms with Crippen LogP contribution < -0.4 is 15.4 Å². The zero-order valence-corrected chi connectivity index (χ0v) is 36.5. The Balaban J connectivity index is 1.50. The number of aliphatic hydroxyl groups excluding tert-OH is 2. The largest absolute Gasteiger partial charge is 0.507 e. The second-order valence-electron chi connectivity index (χ2n) is 17.1. The number of hydrogen-bond acceptors (Lipinski definition) is 14. The minimum atomic E-state index is -1.78. The summed E-state index contributed by atoms with van der Waals surface area (Å²) in [5.74, 6) is -6.35. The van der Waals surface area contributed by atoms with Gasteiger partial charge in [-0.2, -0.15) is 0 Å². The van der Waals surface area contributed by atoms with Crippen LogP contribution in [0.4, 0.5) is 0 Å². The first-order valence-electron chi connectivity index (χ1n) is 20.9. The van der Waals surface area contributed by atoms with Crippen molar-refractivity contribution in [2.24, 2.45) is 28.7 Å². The van der Waals surface area contributed by atoms with Crippen LogP contribution in [-0.4, -0.2) is 111 Å². The smallest absolute Gasteiger partial charge is 0.302 e. The highest BCUT2D eigenvalue weighted by atomic mass is 16.7. The van der Waals surface area contributed by atoms with E-state index in [2.05, 4.69) is 10.6 Å². The number of nitrogens with one attached hydrogen (secondary N) is 3.